The highest BCUT2D eigenvalue weighted by Crippen LogP contribution is 2.57. The summed E-state index contributed by atoms with van der Waals surface area (Å²) in [6.45, 7) is 3.98. The third-order valence-corrected chi connectivity index (χ3v) is 6.13. The van der Waals surface area contributed by atoms with Gasteiger partial charge >= 0.3 is 0 Å². The maximum absolute atomic E-state index is 14.9. The molecule has 30 heavy (non-hydrogen) atoms. The Morgan fingerprint density at radius 3 is 2.87 bits per heavy atom. The van der Waals surface area contributed by atoms with Crippen LogP contribution in [-0.4, -0.2) is 29.2 Å². The standard InChI is InChI=1S/C22H22FN5O2/c1-11-17-19(11)30-21(24)28-22(17,2)15-9-13(4-5-16(15)23)27-20-18-12(6-7-25-20)8-14(29-3)10-26-18/h4-11,17,19H,1-3H3,(H2,24,28)(H,25,27)/t11-,17+,19-,22-/m0/s1. The van der Waals surface area contributed by atoms with E-state index in [0.717, 1.165) is 5.39 Å². The number of benzene rings is 1. The lowest BCUT2D eigenvalue weighted by Gasteiger charge is -2.30. The minimum absolute atomic E-state index is 0.0255. The lowest BCUT2D eigenvalue weighted by Crippen LogP contribution is -2.35. The molecular formula is C22H22FN5O2. The lowest BCUT2D eigenvalue weighted by molar-refractivity contribution is 0.200. The molecule has 4 atom stereocenters. The van der Waals surface area contributed by atoms with Crippen molar-refractivity contribution in [2.24, 2.45) is 22.6 Å². The Hall–Kier alpha value is -3.42. The van der Waals surface area contributed by atoms with Crippen LogP contribution in [-0.2, 0) is 10.3 Å². The summed E-state index contributed by atoms with van der Waals surface area (Å²) in [5.41, 5.74) is 6.96. The number of methoxy groups -OCH3 is 1. The molecule has 1 aromatic carbocycles. The van der Waals surface area contributed by atoms with E-state index in [1.807, 2.05) is 19.1 Å². The lowest BCUT2D eigenvalue weighted by atomic mass is 9.85. The van der Waals surface area contributed by atoms with Crippen LogP contribution in [0.3, 0.4) is 0 Å². The van der Waals surface area contributed by atoms with Gasteiger partial charge in [0.2, 0.25) is 0 Å². The summed E-state index contributed by atoms with van der Waals surface area (Å²) in [6.07, 6.45) is 3.31. The Morgan fingerprint density at radius 1 is 1.23 bits per heavy atom. The maximum atomic E-state index is 14.9. The molecule has 2 aliphatic rings. The molecule has 3 aromatic rings. The minimum atomic E-state index is -0.786. The summed E-state index contributed by atoms with van der Waals surface area (Å²) < 4.78 is 25.7. The zero-order chi connectivity index (χ0) is 21.0. The van der Waals surface area contributed by atoms with Crippen molar-refractivity contribution in [2.75, 3.05) is 12.4 Å². The molecule has 0 radical (unpaired) electrons. The van der Waals surface area contributed by atoms with Crippen molar-refractivity contribution in [3.8, 4) is 5.75 Å². The summed E-state index contributed by atoms with van der Waals surface area (Å²) in [5, 5.41) is 4.15. The molecular weight excluding hydrogens is 385 g/mol. The number of ether oxygens (including phenoxy) is 2. The van der Waals surface area contributed by atoms with Gasteiger partial charge in [-0.3, -0.25) is 0 Å². The first-order valence-corrected chi connectivity index (χ1v) is 9.78. The van der Waals surface area contributed by atoms with Crippen LogP contribution < -0.4 is 15.8 Å². The van der Waals surface area contributed by atoms with Gasteiger partial charge in [-0.05, 0) is 37.3 Å². The van der Waals surface area contributed by atoms with E-state index in [0.29, 0.717) is 28.3 Å². The summed E-state index contributed by atoms with van der Waals surface area (Å²) in [4.78, 5) is 13.4. The fraction of sp³-hybridized carbons (Fsp3) is 0.318. The molecule has 3 N–H and O–H groups in total. The van der Waals surface area contributed by atoms with Gasteiger partial charge in [-0.2, -0.15) is 0 Å². The highest BCUT2D eigenvalue weighted by Gasteiger charge is 2.63. The molecule has 0 amide bonds. The Labute approximate surface area is 173 Å². The number of amidine groups is 1. The molecule has 0 saturated heterocycles. The molecule has 2 aromatic heterocycles. The summed E-state index contributed by atoms with van der Waals surface area (Å²) >= 11 is 0. The zero-order valence-electron chi connectivity index (χ0n) is 16.9. The van der Waals surface area contributed by atoms with Gasteiger partial charge in [-0.1, -0.05) is 6.92 Å². The third-order valence-electron chi connectivity index (χ3n) is 6.13. The number of pyridine rings is 2. The van der Waals surface area contributed by atoms with E-state index in [9.17, 15) is 4.39 Å². The van der Waals surface area contributed by atoms with E-state index in [-0.39, 0.29) is 29.8 Å². The fourth-order valence-electron chi connectivity index (χ4n) is 4.52. The van der Waals surface area contributed by atoms with Crippen molar-refractivity contribution >= 4 is 28.4 Å². The van der Waals surface area contributed by atoms with Gasteiger partial charge in [0.15, 0.2) is 5.82 Å². The van der Waals surface area contributed by atoms with Crippen molar-refractivity contribution in [1.29, 1.82) is 0 Å². The van der Waals surface area contributed by atoms with E-state index in [1.54, 1.807) is 31.6 Å². The molecule has 7 nitrogen and oxygen atoms in total. The number of nitrogens with two attached hydrogens (primary N) is 1. The van der Waals surface area contributed by atoms with Gasteiger partial charge in [0.25, 0.3) is 6.02 Å². The number of hydrogen-bond acceptors (Lipinski definition) is 7. The third kappa shape index (κ3) is 2.82. The van der Waals surface area contributed by atoms with Gasteiger partial charge in [-0.25, -0.2) is 19.4 Å². The number of halogens is 1. The van der Waals surface area contributed by atoms with Crippen LogP contribution in [0.25, 0.3) is 10.9 Å². The quantitative estimate of drug-likeness (QED) is 0.685. The second-order valence-electron chi connectivity index (χ2n) is 7.99. The number of aromatic nitrogens is 2. The number of anilines is 2. The smallest absolute Gasteiger partial charge is 0.283 e. The molecule has 1 fully saturated rings. The zero-order valence-corrected chi connectivity index (χ0v) is 16.9. The fourth-order valence-corrected chi connectivity index (χ4v) is 4.52. The maximum Gasteiger partial charge on any atom is 0.283 e. The van der Waals surface area contributed by atoms with E-state index in [2.05, 4.69) is 27.2 Å². The Morgan fingerprint density at radius 2 is 2.07 bits per heavy atom. The Bertz CT molecular complexity index is 1180. The van der Waals surface area contributed by atoms with Crippen LogP contribution in [0.15, 0.2) is 47.7 Å². The van der Waals surface area contributed by atoms with E-state index >= 15 is 0 Å². The van der Waals surface area contributed by atoms with Gasteiger partial charge in [0.05, 0.1) is 18.8 Å². The van der Waals surface area contributed by atoms with Crippen LogP contribution in [0.2, 0.25) is 0 Å². The normalized spacial score (nSPS) is 27.1. The highest BCUT2D eigenvalue weighted by molar-refractivity contribution is 5.90. The number of fused-ring (bicyclic) bond motifs is 2. The molecule has 3 heterocycles. The predicted octanol–water partition coefficient (Wildman–Crippen LogP) is 3.72. The molecule has 5 rings (SSSR count). The monoisotopic (exact) mass is 407 g/mol. The summed E-state index contributed by atoms with van der Waals surface area (Å²) in [5.74, 6) is 1.26. The van der Waals surface area contributed by atoms with E-state index in [4.69, 9.17) is 15.2 Å². The molecule has 0 bridgehead atoms. The number of nitrogens with zero attached hydrogens (tertiary/aromatic N) is 3. The van der Waals surface area contributed by atoms with Gasteiger partial charge < -0.3 is 20.5 Å². The molecule has 1 saturated carbocycles. The van der Waals surface area contributed by atoms with Crippen LogP contribution in [0.1, 0.15) is 19.4 Å². The van der Waals surface area contributed by atoms with E-state index in [1.165, 1.54) is 6.07 Å². The highest BCUT2D eigenvalue weighted by atomic mass is 19.1. The number of rotatable bonds is 4. The predicted molar refractivity (Wildman–Crippen MR) is 112 cm³/mol. The van der Waals surface area contributed by atoms with Gasteiger partial charge in [0, 0.05) is 34.7 Å². The SMILES string of the molecule is COc1cnc2c(Nc3ccc(F)c([C@]4(C)N=C(N)O[C@H]5[C@@H](C)[C@H]54)c3)nccc2c1. The second kappa shape index (κ2) is 6.55. The van der Waals surface area contributed by atoms with Crippen LogP contribution in [0, 0.1) is 17.7 Å². The molecule has 0 unspecified atom stereocenters. The summed E-state index contributed by atoms with van der Waals surface area (Å²) in [6, 6.07) is 8.74. The topological polar surface area (TPSA) is 94.7 Å². The van der Waals surface area contributed by atoms with Crippen molar-refractivity contribution in [2.45, 2.75) is 25.5 Å². The second-order valence-corrected chi connectivity index (χ2v) is 7.99. The molecule has 0 spiro atoms. The Balaban J connectivity index is 1.54. The van der Waals surface area contributed by atoms with E-state index < -0.39 is 5.54 Å². The van der Waals surface area contributed by atoms with Crippen LogP contribution in [0.5, 0.6) is 5.75 Å². The van der Waals surface area contributed by atoms with Gasteiger partial charge in [-0.15, -0.1) is 0 Å². The largest absolute Gasteiger partial charge is 0.495 e. The minimum Gasteiger partial charge on any atom is -0.495 e. The molecule has 8 heteroatoms. The first-order chi connectivity index (χ1) is 14.4. The molecule has 154 valence electrons. The molecule has 1 aliphatic carbocycles. The van der Waals surface area contributed by atoms with Crippen molar-refractivity contribution < 1.29 is 13.9 Å². The van der Waals surface area contributed by atoms with Crippen molar-refractivity contribution in [3.63, 3.8) is 0 Å². The average Bonchev–Trinajstić information content (AvgIpc) is 3.39. The summed E-state index contributed by atoms with van der Waals surface area (Å²) in [7, 11) is 1.60. The number of hydrogen-bond donors (Lipinski definition) is 2. The van der Waals surface area contributed by atoms with Crippen molar-refractivity contribution in [3.05, 3.63) is 54.1 Å². The van der Waals surface area contributed by atoms with Crippen LogP contribution in [0.4, 0.5) is 15.9 Å². The van der Waals surface area contributed by atoms with Crippen molar-refractivity contribution in [1.82, 2.24) is 9.97 Å². The first kappa shape index (κ1) is 18.6. The first-order valence-electron chi connectivity index (χ1n) is 9.78. The average molecular weight is 407 g/mol. The Kier molecular flexibility index (Phi) is 4.06. The number of nitrogens with one attached hydrogen (secondary N) is 1. The number of aliphatic imine (C=N–C) groups is 1. The van der Waals surface area contributed by atoms with Gasteiger partial charge in [0.1, 0.15) is 23.2 Å². The van der Waals surface area contributed by atoms with Crippen LogP contribution >= 0.6 is 0 Å². The molecule has 1 aliphatic heterocycles.